The minimum atomic E-state index is -3.77. The molecule has 2 aromatic carbocycles. The highest BCUT2D eigenvalue weighted by Crippen LogP contribution is 2.22. The van der Waals surface area contributed by atoms with Gasteiger partial charge >= 0.3 is 0 Å². The first-order chi connectivity index (χ1) is 13.2. The van der Waals surface area contributed by atoms with Crippen LogP contribution in [0.2, 0.25) is 0 Å². The monoisotopic (exact) mass is 398 g/mol. The Labute approximate surface area is 164 Å². The third kappa shape index (κ3) is 3.91. The highest BCUT2D eigenvalue weighted by atomic mass is 32.2. The summed E-state index contributed by atoms with van der Waals surface area (Å²) in [5.74, 6) is -0.260. The number of aryl methyl sites for hydroxylation is 3. The van der Waals surface area contributed by atoms with Gasteiger partial charge in [0, 0.05) is 16.9 Å². The normalized spacial score (nSPS) is 11.3. The van der Waals surface area contributed by atoms with E-state index in [2.05, 4.69) is 20.2 Å². The first kappa shape index (κ1) is 19.6. The summed E-state index contributed by atoms with van der Waals surface area (Å²) in [4.78, 5) is 12.6. The quantitative estimate of drug-likeness (QED) is 0.609. The number of carbonyl (C=O) groups is 1. The fraction of sp³-hybridized carbons (Fsp3) is 0.200. The molecule has 0 aliphatic rings. The smallest absolute Gasteiger partial charge is 0.265 e. The van der Waals surface area contributed by atoms with Crippen LogP contribution in [0.3, 0.4) is 0 Å². The number of nitrogens with zero attached hydrogens (tertiary/aromatic N) is 1. The van der Waals surface area contributed by atoms with Crippen molar-refractivity contribution in [2.24, 2.45) is 0 Å². The van der Waals surface area contributed by atoms with E-state index in [1.807, 2.05) is 32.0 Å². The molecule has 7 nitrogen and oxygen atoms in total. The van der Waals surface area contributed by atoms with Crippen LogP contribution in [-0.4, -0.2) is 24.5 Å². The maximum absolute atomic E-state index is 12.6. The van der Waals surface area contributed by atoms with Crippen LogP contribution in [0, 0.1) is 27.7 Å². The second-order valence-electron chi connectivity index (χ2n) is 6.65. The van der Waals surface area contributed by atoms with E-state index in [4.69, 9.17) is 0 Å². The molecule has 1 amide bonds. The largest absolute Gasteiger partial charge is 0.322 e. The molecule has 0 fully saturated rings. The van der Waals surface area contributed by atoms with Crippen molar-refractivity contribution >= 4 is 27.3 Å². The molecule has 0 atom stereocenters. The second-order valence-corrected chi connectivity index (χ2v) is 8.27. The van der Waals surface area contributed by atoms with Gasteiger partial charge in [0.15, 0.2) is 0 Å². The Balaban J connectivity index is 1.76. The van der Waals surface area contributed by atoms with Crippen molar-refractivity contribution in [3.63, 3.8) is 0 Å². The van der Waals surface area contributed by atoms with Crippen LogP contribution in [-0.2, 0) is 10.0 Å². The summed E-state index contributed by atoms with van der Waals surface area (Å²) < 4.78 is 27.7. The lowest BCUT2D eigenvalue weighted by molar-refractivity contribution is 0.102. The molecule has 8 heteroatoms. The van der Waals surface area contributed by atoms with Crippen LogP contribution in [0.5, 0.6) is 0 Å². The predicted octanol–water partition coefficient (Wildman–Crippen LogP) is 3.70. The summed E-state index contributed by atoms with van der Waals surface area (Å²) in [6.45, 7) is 7.20. The Morgan fingerprint density at radius 3 is 2.29 bits per heavy atom. The number of benzene rings is 2. The highest BCUT2D eigenvalue weighted by Gasteiger charge is 2.22. The van der Waals surface area contributed by atoms with Crippen molar-refractivity contribution in [1.29, 1.82) is 0 Å². The minimum Gasteiger partial charge on any atom is -0.322 e. The number of hydrogen-bond acceptors (Lipinski definition) is 4. The Morgan fingerprint density at radius 1 is 1.00 bits per heavy atom. The van der Waals surface area contributed by atoms with E-state index < -0.39 is 10.0 Å². The van der Waals surface area contributed by atoms with Crippen LogP contribution in [0.25, 0.3) is 0 Å². The molecule has 3 N–H and O–H groups in total. The van der Waals surface area contributed by atoms with E-state index in [9.17, 15) is 13.2 Å². The fourth-order valence-corrected chi connectivity index (χ4v) is 4.35. The van der Waals surface area contributed by atoms with Gasteiger partial charge in [0.2, 0.25) is 0 Å². The zero-order valence-corrected chi connectivity index (χ0v) is 16.9. The van der Waals surface area contributed by atoms with Gasteiger partial charge in [-0.1, -0.05) is 12.1 Å². The van der Waals surface area contributed by atoms with Crippen LogP contribution >= 0.6 is 0 Å². The summed E-state index contributed by atoms with van der Waals surface area (Å²) in [5, 5.41) is 9.46. The number of rotatable bonds is 5. The lowest BCUT2D eigenvalue weighted by Gasteiger charge is -2.11. The molecule has 0 spiro atoms. The zero-order chi connectivity index (χ0) is 20.5. The van der Waals surface area contributed by atoms with Gasteiger partial charge in [0.05, 0.1) is 11.4 Å². The molecule has 1 heterocycles. The van der Waals surface area contributed by atoms with Crippen LogP contribution in [0.15, 0.2) is 47.4 Å². The number of carbonyl (C=O) groups excluding carboxylic acids is 1. The van der Waals surface area contributed by atoms with Gasteiger partial charge in [0.1, 0.15) is 4.90 Å². The van der Waals surface area contributed by atoms with Gasteiger partial charge in [-0.05, 0) is 69.2 Å². The van der Waals surface area contributed by atoms with Crippen molar-refractivity contribution in [1.82, 2.24) is 10.2 Å². The molecular formula is C20H22N4O3S. The number of aromatic amines is 1. The number of aromatic nitrogens is 2. The van der Waals surface area contributed by atoms with Gasteiger partial charge in [-0.15, -0.1) is 0 Å². The van der Waals surface area contributed by atoms with Crippen molar-refractivity contribution in [3.05, 3.63) is 70.5 Å². The number of H-pyrrole nitrogens is 1. The molecule has 0 aliphatic carbocycles. The van der Waals surface area contributed by atoms with E-state index in [1.54, 1.807) is 38.1 Å². The SMILES string of the molecule is Cc1cccc(NC(=O)c2ccc(NS(=O)(=O)c3c(C)n[nH]c3C)cc2)c1C. The second kappa shape index (κ2) is 7.47. The van der Waals surface area contributed by atoms with Crippen molar-refractivity contribution in [2.75, 3.05) is 10.0 Å². The molecule has 146 valence electrons. The average Bonchev–Trinajstić information content (AvgIpc) is 2.98. The summed E-state index contributed by atoms with van der Waals surface area (Å²) in [6.07, 6.45) is 0. The van der Waals surface area contributed by atoms with Crippen LogP contribution in [0.1, 0.15) is 32.9 Å². The number of amides is 1. The summed E-state index contributed by atoms with van der Waals surface area (Å²) >= 11 is 0. The molecule has 0 saturated carbocycles. The first-order valence-electron chi connectivity index (χ1n) is 8.71. The molecule has 0 saturated heterocycles. The van der Waals surface area contributed by atoms with Gasteiger partial charge in [-0.2, -0.15) is 5.10 Å². The summed E-state index contributed by atoms with van der Waals surface area (Å²) in [5.41, 5.74) is 4.51. The Bertz CT molecular complexity index is 1110. The first-order valence-corrected chi connectivity index (χ1v) is 10.2. The van der Waals surface area contributed by atoms with E-state index in [0.29, 0.717) is 22.6 Å². The lowest BCUT2D eigenvalue weighted by atomic mass is 10.1. The summed E-state index contributed by atoms with van der Waals surface area (Å²) in [6, 6.07) is 12.0. The van der Waals surface area contributed by atoms with Gasteiger partial charge in [-0.25, -0.2) is 8.42 Å². The maximum Gasteiger partial charge on any atom is 0.265 e. The molecule has 28 heavy (non-hydrogen) atoms. The number of anilines is 2. The Morgan fingerprint density at radius 2 is 1.68 bits per heavy atom. The third-order valence-electron chi connectivity index (χ3n) is 4.58. The van der Waals surface area contributed by atoms with E-state index in [1.165, 1.54) is 0 Å². The highest BCUT2D eigenvalue weighted by molar-refractivity contribution is 7.92. The van der Waals surface area contributed by atoms with Gasteiger partial charge in [-0.3, -0.25) is 14.6 Å². The van der Waals surface area contributed by atoms with Crippen LogP contribution < -0.4 is 10.0 Å². The van der Waals surface area contributed by atoms with E-state index >= 15 is 0 Å². The Hall–Kier alpha value is -3.13. The number of nitrogens with one attached hydrogen (secondary N) is 3. The topological polar surface area (TPSA) is 104 Å². The standard InChI is InChI=1S/C20H22N4O3S/c1-12-6-5-7-18(13(12)2)21-20(25)16-8-10-17(11-9-16)24-28(26,27)19-14(3)22-23-15(19)4/h5-11,24H,1-4H3,(H,21,25)(H,22,23). The zero-order valence-electron chi connectivity index (χ0n) is 16.1. The summed E-state index contributed by atoms with van der Waals surface area (Å²) in [7, 11) is -3.77. The molecule has 0 aliphatic heterocycles. The number of sulfonamides is 1. The number of hydrogen-bond donors (Lipinski definition) is 3. The maximum atomic E-state index is 12.6. The molecule has 3 rings (SSSR count). The van der Waals surface area contributed by atoms with Crippen molar-refractivity contribution in [3.8, 4) is 0 Å². The molecule has 0 unspecified atom stereocenters. The van der Waals surface area contributed by atoms with Crippen LogP contribution in [0.4, 0.5) is 11.4 Å². The molecular weight excluding hydrogens is 376 g/mol. The third-order valence-corrected chi connectivity index (χ3v) is 6.22. The van der Waals surface area contributed by atoms with E-state index in [-0.39, 0.29) is 10.8 Å². The Kier molecular flexibility index (Phi) is 5.24. The lowest BCUT2D eigenvalue weighted by Crippen LogP contribution is -2.15. The van der Waals surface area contributed by atoms with E-state index in [0.717, 1.165) is 16.8 Å². The molecule has 1 aromatic heterocycles. The van der Waals surface area contributed by atoms with Crippen molar-refractivity contribution in [2.45, 2.75) is 32.6 Å². The van der Waals surface area contributed by atoms with Gasteiger partial charge in [0.25, 0.3) is 15.9 Å². The fourth-order valence-electron chi connectivity index (χ4n) is 2.91. The predicted molar refractivity (Wildman–Crippen MR) is 109 cm³/mol. The van der Waals surface area contributed by atoms with Gasteiger partial charge < -0.3 is 5.32 Å². The molecule has 3 aromatic rings. The average molecular weight is 398 g/mol. The molecule has 0 bridgehead atoms. The molecule has 0 radical (unpaired) electrons. The van der Waals surface area contributed by atoms with Crippen molar-refractivity contribution < 1.29 is 13.2 Å². The minimum absolute atomic E-state index is 0.129.